The zero-order valence-corrected chi connectivity index (χ0v) is 21.2. The van der Waals surface area contributed by atoms with Crippen molar-refractivity contribution in [1.82, 2.24) is 24.6 Å². The minimum Gasteiger partial charge on any atom is -0.335 e. The van der Waals surface area contributed by atoms with E-state index in [1.807, 2.05) is 27.7 Å². The molecule has 1 aliphatic rings. The first kappa shape index (κ1) is 22.8. The predicted molar refractivity (Wildman–Crippen MR) is 138 cm³/mol. The highest BCUT2D eigenvalue weighted by Crippen LogP contribution is 2.36. The van der Waals surface area contributed by atoms with Crippen molar-refractivity contribution < 1.29 is 4.79 Å². The highest BCUT2D eigenvalue weighted by Gasteiger charge is 2.30. The lowest BCUT2D eigenvalue weighted by atomic mass is 9.98. The lowest BCUT2D eigenvalue weighted by Gasteiger charge is -2.35. The molecular formula is C26H27N5OS2. The minimum atomic E-state index is 0.142. The van der Waals surface area contributed by atoms with Gasteiger partial charge >= 0.3 is 0 Å². The molecule has 0 radical (unpaired) electrons. The van der Waals surface area contributed by atoms with E-state index in [1.165, 1.54) is 27.8 Å². The van der Waals surface area contributed by atoms with Gasteiger partial charge in [-0.25, -0.2) is 0 Å². The SMILES string of the molecule is CCC1c2ccsc2CCN1C(=O)CSc1nnc(-c2ccccn2)n1-c1ccc(C)cc1C. The number of thiophene rings is 1. The van der Waals surface area contributed by atoms with Gasteiger partial charge in [0.05, 0.1) is 17.5 Å². The molecule has 1 atom stereocenters. The zero-order chi connectivity index (χ0) is 23.7. The van der Waals surface area contributed by atoms with Crippen molar-refractivity contribution in [2.45, 2.75) is 44.8 Å². The van der Waals surface area contributed by atoms with E-state index in [2.05, 4.69) is 65.6 Å². The van der Waals surface area contributed by atoms with Gasteiger partial charge in [0, 0.05) is 17.6 Å². The quantitative estimate of drug-likeness (QED) is 0.328. The number of hydrogen-bond donors (Lipinski definition) is 0. The van der Waals surface area contributed by atoms with E-state index >= 15 is 0 Å². The van der Waals surface area contributed by atoms with Crippen LogP contribution in [-0.4, -0.2) is 42.9 Å². The molecule has 5 rings (SSSR count). The minimum absolute atomic E-state index is 0.142. The van der Waals surface area contributed by atoms with Gasteiger partial charge in [-0.05, 0) is 67.5 Å². The summed E-state index contributed by atoms with van der Waals surface area (Å²) in [6, 6.07) is 14.4. The van der Waals surface area contributed by atoms with E-state index in [-0.39, 0.29) is 11.9 Å². The van der Waals surface area contributed by atoms with Gasteiger partial charge in [0.2, 0.25) is 5.91 Å². The average Bonchev–Trinajstić information content (AvgIpc) is 3.49. The van der Waals surface area contributed by atoms with E-state index in [4.69, 9.17) is 0 Å². The molecule has 0 bridgehead atoms. The van der Waals surface area contributed by atoms with Crippen molar-refractivity contribution in [1.29, 1.82) is 0 Å². The van der Waals surface area contributed by atoms with Crippen molar-refractivity contribution in [2.75, 3.05) is 12.3 Å². The summed E-state index contributed by atoms with van der Waals surface area (Å²) in [4.78, 5) is 21.3. The van der Waals surface area contributed by atoms with E-state index in [9.17, 15) is 4.79 Å². The van der Waals surface area contributed by atoms with Crippen molar-refractivity contribution in [3.8, 4) is 17.2 Å². The summed E-state index contributed by atoms with van der Waals surface area (Å²) in [6.07, 6.45) is 3.61. The van der Waals surface area contributed by atoms with Crippen LogP contribution < -0.4 is 0 Å². The molecule has 1 amide bonds. The highest BCUT2D eigenvalue weighted by atomic mass is 32.2. The van der Waals surface area contributed by atoms with Gasteiger partial charge in [-0.2, -0.15) is 0 Å². The van der Waals surface area contributed by atoms with Gasteiger partial charge in [-0.3, -0.25) is 14.3 Å². The number of carbonyl (C=O) groups excluding carboxylic acids is 1. The van der Waals surface area contributed by atoms with Crippen LogP contribution in [-0.2, 0) is 11.2 Å². The Morgan fingerprint density at radius 1 is 1.18 bits per heavy atom. The van der Waals surface area contributed by atoms with Gasteiger partial charge in [0.25, 0.3) is 0 Å². The van der Waals surface area contributed by atoms with Crippen LogP contribution in [0, 0.1) is 13.8 Å². The van der Waals surface area contributed by atoms with E-state index in [1.54, 1.807) is 17.5 Å². The number of amides is 1. The monoisotopic (exact) mass is 489 g/mol. The van der Waals surface area contributed by atoms with E-state index < -0.39 is 0 Å². The Morgan fingerprint density at radius 2 is 2.06 bits per heavy atom. The summed E-state index contributed by atoms with van der Waals surface area (Å²) in [6.45, 7) is 7.09. The molecule has 0 fully saturated rings. The number of pyridine rings is 1. The molecule has 1 aliphatic heterocycles. The van der Waals surface area contributed by atoms with Crippen LogP contribution in [0.15, 0.2) is 59.2 Å². The van der Waals surface area contributed by atoms with Crippen molar-refractivity contribution in [3.05, 3.63) is 75.6 Å². The third kappa shape index (κ3) is 4.28. The van der Waals surface area contributed by atoms with E-state index in [0.717, 1.165) is 36.3 Å². The molecule has 0 saturated heterocycles. The topological polar surface area (TPSA) is 63.9 Å². The van der Waals surface area contributed by atoms with Crippen LogP contribution in [0.1, 0.15) is 41.0 Å². The van der Waals surface area contributed by atoms with Crippen molar-refractivity contribution in [3.63, 3.8) is 0 Å². The number of benzene rings is 1. The number of rotatable bonds is 6. The molecular weight excluding hydrogens is 462 g/mol. The molecule has 0 aliphatic carbocycles. The Labute approximate surface area is 208 Å². The van der Waals surface area contributed by atoms with Gasteiger partial charge in [-0.15, -0.1) is 21.5 Å². The maximum absolute atomic E-state index is 13.3. The number of nitrogens with zero attached hydrogens (tertiary/aromatic N) is 5. The first-order valence-corrected chi connectivity index (χ1v) is 13.4. The number of fused-ring (bicyclic) bond motifs is 1. The Bertz CT molecular complexity index is 1310. The second-order valence-corrected chi connectivity index (χ2v) is 10.4. The standard InChI is InChI=1S/C26H27N5OS2/c1-4-21-19-11-14-33-23(19)10-13-30(21)24(32)16-34-26-29-28-25(20-7-5-6-12-27-20)31(26)22-9-8-17(2)15-18(22)3/h5-9,11-12,14-15,21H,4,10,13,16H2,1-3H3. The van der Waals surface area contributed by atoms with Crippen LogP contribution in [0.4, 0.5) is 0 Å². The number of aromatic nitrogens is 4. The first-order chi connectivity index (χ1) is 16.6. The summed E-state index contributed by atoms with van der Waals surface area (Å²) in [5.74, 6) is 1.14. The molecule has 174 valence electrons. The Balaban J connectivity index is 1.44. The van der Waals surface area contributed by atoms with E-state index in [0.29, 0.717) is 16.7 Å². The molecule has 6 nitrogen and oxygen atoms in total. The summed E-state index contributed by atoms with van der Waals surface area (Å²) >= 11 is 3.24. The molecule has 4 aromatic rings. The number of carbonyl (C=O) groups is 1. The molecule has 3 aromatic heterocycles. The fourth-order valence-electron chi connectivity index (χ4n) is 4.64. The summed E-state index contributed by atoms with van der Waals surface area (Å²) in [5, 5.41) is 11.8. The fraction of sp³-hybridized carbons (Fsp3) is 0.308. The molecule has 1 unspecified atom stereocenters. The zero-order valence-electron chi connectivity index (χ0n) is 19.6. The van der Waals surface area contributed by atoms with Gasteiger partial charge in [-0.1, -0.05) is 42.4 Å². The smallest absolute Gasteiger partial charge is 0.233 e. The molecule has 34 heavy (non-hydrogen) atoms. The molecule has 0 spiro atoms. The van der Waals surface area contributed by atoms with Gasteiger partial charge in [0.1, 0.15) is 5.69 Å². The molecule has 4 heterocycles. The maximum atomic E-state index is 13.3. The largest absolute Gasteiger partial charge is 0.335 e. The summed E-state index contributed by atoms with van der Waals surface area (Å²) < 4.78 is 2.03. The summed E-state index contributed by atoms with van der Waals surface area (Å²) in [7, 11) is 0. The molecule has 0 N–H and O–H groups in total. The lowest BCUT2D eigenvalue weighted by molar-refractivity contribution is -0.131. The van der Waals surface area contributed by atoms with Gasteiger partial charge in [0.15, 0.2) is 11.0 Å². The maximum Gasteiger partial charge on any atom is 0.233 e. The average molecular weight is 490 g/mol. The molecule has 0 saturated carbocycles. The van der Waals surface area contributed by atoms with Crippen LogP contribution in [0.3, 0.4) is 0 Å². The fourth-order valence-corrected chi connectivity index (χ4v) is 6.40. The highest BCUT2D eigenvalue weighted by molar-refractivity contribution is 7.99. The Hall–Kier alpha value is -2.97. The second-order valence-electron chi connectivity index (χ2n) is 8.50. The number of thioether (sulfide) groups is 1. The van der Waals surface area contributed by atoms with Crippen LogP contribution in [0.5, 0.6) is 0 Å². The Morgan fingerprint density at radius 3 is 2.82 bits per heavy atom. The summed E-state index contributed by atoms with van der Waals surface area (Å²) in [5.41, 5.74) is 5.38. The second kappa shape index (κ2) is 9.72. The lowest BCUT2D eigenvalue weighted by Crippen LogP contribution is -2.40. The van der Waals surface area contributed by atoms with Crippen LogP contribution >= 0.6 is 23.1 Å². The normalized spacial score (nSPS) is 15.4. The third-order valence-electron chi connectivity index (χ3n) is 6.25. The predicted octanol–water partition coefficient (Wildman–Crippen LogP) is 5.64. The molecule has 1 aromatic carbocycles. The van der Waals surface area contributed by atoms with Crippen LogP contribution in [0.25, 0.3) is 17.2 Å². The molecule has 8 heteroatoms. The van der Waals surface area contributed by atoms with Crippen LogP contribution in [0.2, 0.25) is 0 Å². The van der Waals surface area contributed by atoms with Crippen molar-refractivity contribution in [2.24, 2.45) is 0 Å². The Kier molecular flexibility index (Phi) is 6.52. The first-order valence-electron chi connectivity index (χ1n) is 11.5. The third-order valence-corrected chi connectivity index (χ3v) is 8.16. The van der Waals surface area contributed by atoms with Crippen molar-refractivity contribution >= 4 is 29.0 Å². The van der Waals surface area contributed by atoms with Gasteiger partial charge < -0.3 is 4.90 Å². The number of hydrogen-bond acceptors (Lipinski definition) is 6. The number of aryl methyl sites for hydroxylation is 2.